The largest absolute Gasteiger partial charge is 0.513 e. The SMILES string of the molecule is O=C(CCOC(=O)Oc1ccc2ccc3ccccc3c2c1)OCc1ccccc1. The number of carbonyl (C=O) groups is 2. The Morgan fingerprint density at radius 1 is 0.700 bits per heavy atom. The maximum Gasteiger partial charge on any atom is 0.513 e. The van der Waals surface area contributed by atoms with Crippen molar-refractivity contribution in [3.63, 3.8) is 0 Å². The summed E-state index contributed by atoms with van der Waals surface area (Å²) in [4.78, 5) is 23.7. The molecule has 0 amide bonds. The highest BCUT2D eigenvalue weighted by atomic mass is 16.7. The van der Waals surface area contributed by atoms with Crippen LogP contribution in [0.3, 0.4) is 0 Å². The van der Waals surface area contributed by atoms with Gasteiger partial charge in [0.1, 0.15) is 19.0 Å². The minimum absolute atomic E-state index is 0.0374. The van der Waals surface area contributed by atoms with Crippen LogP contribution in [0.5, 0.6) is 5.75 Å². The fraction of sp³-hybridized carbons (Fsp3) is 0.120. The molecule has 30 heavy (non-hydrogen) atoms. The van der Waals surface area contributed by atoms with Crippen LogP contribution in [0.2, 0.25) is 0 Å². The van der Waals surface area contributed by atoms with E-state index in [2.05, 4.69) is 6.07 Å². The van der Waals surface area contributed by atoms with Crippen LogP contribution in [0.25, 0.3) is 21.5 Å². The van der Waals surface area contributed by atoms with E-state index in [0.29, 0.717) is 5.75 Å². The Morgan fingerprint density at radius 2 is 1.40 bits per heavy atom. The first-order valence-corrected chi connectivity index (χ1v) is 9.65. The molecule has 0 spiro atoms. The lowest BCUT2D eigenvalue weighted by atomic mass is 10.0. The van der Waals surface area contributed by atoms with Gasteiger partial charge in [0.25, 0.3) is 0 Å². The number of fused-ring (bicyclic) bond motifs is 3. The maximum atomic E-state index is 12.0. The Bertz CT molecular complexity index is 1180. The topological polar surface area (TPSA) is 61.8 Å². The van der Waals surface area contributed by atoms with Crippen molar-refractivity contribution in [2.24, 2.45) is 0 Å². The minimum Gasteiger partial charge on any atom is -0.461 e. The molecule has 0 N–H and O–H groups in total. The van der Waals surface area contributed by atoms with E-state index in [1.165, 1.54) is 0 Å². The molecule has 0 radical (unpaired) electrons. The predicted octanol–water partition coefficient (Wildman–Crippen LogP) is 5.64. The van der Waals surface area contributed by atoms with E-state index in [4.69, 9.17) is 14.2 Å². The molecule has 4 aromatic rings. The lowest BCUT2D eigenvalue weighted by Gasteiger charge is -2.09. The minimum atomic E-state index is -0.856. The summed E-state index contributed by atoms with van der Waals surface area (Å²) in [7, 11) is 0. The highest BCUT2D eigenvalue weighted by molar-refractivity contribution is 6.07. The van der Waals surface area contributed by atoms with Crippen molar-refractivity contribution >= 4 is 33.7 Å². The Labute approximate surface area is 173 Å². The second-order valence-electron chi connectivity index (χ2n) is 6.77. The van der Waals surface area contributed by atoms with E-state index >= 15 is 0 Å². The summed E-state index contributed by atoms with van der Waals surface area (Å²) in [6, 6.07) is 26.9. The third-order valence-electron chi connectivity index (χ3n) is 4.69. The van der Waals surface area contributed by atoms with Crippen LogP contribution < -0.4 is 4.74 Å². The molecule has 0 saturated carbocycles. The number of ether oxygens (including phenoxy) is 3. The van der Waals surface area contributed by atoms with Crippen LogP contribution >= 0.6 is 0 Å². The van der Waals surface area contributed by atoms with Gasteiger partial charge in [-0.05, 0) is 39.2 Å². The Hall–Kier alpha value is -3.86. The molecular formula is C25H20O5. The van der Waals surface area contributed by atoms with E-state index in [9.17, 15) is 9.59 Å². The molecule has 0 heterocycles. The van der Waals surface area contributed by atoms with Crippen LogP contribution in [0.4, 0.5) is 4.79 Å². The van der Waals surface area contributed by atoms with Crippen molar-refractivity contribution in [1.82, 2.24) is 0 Å². The summed E-state index contributed by atoms with van der Waals surface area (Å²) in [6.07, 6.45) is -0.893. The molecule has 0 aliphatic heterocycles. The standard InChI is InChI=1S/C25H20O5/c26-24(29-17-18-6-2-1-3-7-18)14-15-28-25(27)30-21-13-12-20-11-10-19-8-4-5-9-22(19)23(20)16-21/h1-13,16H,14-15,17H2. The zero-order chi connectivity index (χ0) is 20.8. The number of rotatable bonds is 6. The second kappa shape index (κ2) is 9.09. The zero-order valence-corrected chi connectivity index (χ0v) is 16.2. The quantitative estimate of drug-likeness (QED) is 0.238. The van der Waals surface area contributed by atoms with E-state index in [1.807, 2.05) is 72.8 Å². The van der Waals surface area contributed by atoms with Gasteiger partial charge in [-0.15, -0.1) is 0 Å². The first-order valence-electron chi connectivity index (χ1n) is 9.65. The van der Waals surface area contributed by atoms with Gasteiger partial charge in [-0.2, -0.15) is 0 Å². The first kappa shape index (κ1) is 19.5. The van der Waals surface area contributed by atoms with Crippen molar-refractivity contribution in [2.45, 2.75) is 13.0 Å². The lowest BCUT2D eigenvalue weighted by Crippen LogP contribution is -2.15. The number of carbonyl (C=O) groups excluding carboxylic acids is 2. The van der Waals surface area contributed by atoms with Crippen molar-refractivity contribution in [1.29, 1.82) is 0 Å². The molecule has 0 aliphatic rings. The third kappa shape index (κ3) is 4.75. The fourth-order valence-electron chi connectivity index (χ4n) is 3.20. The number of hydrogen-bond acceptors (Lipinski definition) is 5. The van der Waals surface area contributed by atoms with Gasteiger partial charge in [-0.25, -0.2) is 4.79 Å². The molecule has 0 aliphatic carbocycles. The summed E-state index contributed by atoms with van der Waals surface area (Å²) < 4.78 is 15.4. The molecule has 0 fully saturated rings. The molecule has 0 unspecified atom stereocenters. The van der Waals surface area contributed by atoms with Crippen LogP contribution in [0, 0.1) is 0 Å². The van der Waals surface area contributed by atoms with E-state index in [1.54, 1.807) is 6.07 Å². The van der Waals surface area contributed by atoms with E-state index in [0.717, 1.165) is 27.1 Å². The third-order valence-corrected chi connectivity index (χ3v) is 4.69. The first-order chi connectivity index (χ1) is 14.7. The van der Waals surface area contributed by atoms with Gasteiger partial charge in [0, 0.05) is 0 Å². The monoisotopic (exact) mass is 400 g/mol. The van der Waals surface area contributed by atoms with Crippen LogP contribution in [-0.2, 0) is 20.9 Å². The van der Waals surface area contributed by atoms with Crippen molar-refractivity contribution < 1.29 is 23.8 Å². The summed E-state index contributed by atoms with van der Waals surface area (Å²) in [5, 5.41) is 4.23. The molecular weight excluding hydrogens is 380 g/mol. The molecule has 0 aromatic heterocycles. The normalized spacial score (nSPS) is 10.7. The van der Waals surface area contributed by atoms with Crippen LogP contribution in [0.1, 0.15) is 12.0 Å². The van der Waals surface area contributed by atoms with Crippen molar-refractivity contribution in [3.05, 3.63) is 90.5 Å². The molecule has 4 aromatic carbocycles. The molecule has 0 atom stereocenters. The molecule has 5 nitrogen and oxygen atoms in total. The summed E-state index contributed by atoms with van der Waals surface area (Å²) >= 11 is 0. The van der Waals surface area contributed by atoms with Gasteiger partial charge in [-0.3, -0.25) is 4.79 Å². The maximum absolute atomic E-state index is 12.0. The zero-order valence-electron chi connectivity index (χ0n) is 16.2. The van der Waals surface area contributed by atoms with Crippen molar-refractivity contribution in [3.8, 4) is 5.75 Å². The van der Waals surface area contributed by atoms with Gasteiger partial charge in [0.05, 0.1) is 6.42 Å². The molecule has 4 rings (SSSR count). The predicted molar refractivity (Wildman–Crippen MR) is 114 cm³/mol. The van der Waals surface area contributed by atoms with Gasteiger partial charge < -0.3 is 14.2 Å². The number of esters is 1. The Kier molecular flexibility index (Phi) is 5.90. The van der Waals surface area contributed by atoms with Gasteiger partial charge in [-0.1, -0.05) is 72.8 Å². The molecule has 5 heteroatoms. The average Bonchev–Trinajstić information content (AvgIpc) is 2.78. The number of hydrogen-bond donors (Lipinski definition) is 0. The van der Waals surface area contributed by atoms with Gasteiger partial charge in [0.15, 0.2) is 0 Å². The summed E-state index contributed by atoms with van der Waals surface area (Å²) in [5.74, 6) is -0.0562. The van der Waals surface area contributed by atoms with Gasteiger partial charge >= 0.3 is 12.1 Å². The van der Waals surface area contributed by atoms with Crippen LogP contribution in [-0.4, -0.2) is 18.7 Å². The van der Waals surface area contributed by atoms with Crippen molar-refractivity contribution in [2.75, 3.05) is 6.61 Å². The Balaban J connectivity index is 1.30. The Morgan fingerprint density at radius 3 is 2.23 bits per heavy atom. The summed E-state index contributed by atoms with van der Waals surface area (Å²) in [6.45, 7) is 0.0815. The highest BCUT2D eigenvalue weighted by Crippen LogP contribution is 2.28. The molecule has 0 saturated heterocycles. The molecule has 0 bridgehead atoms. The summed E-state index contributed by atoms with van der Waals surface area (Å²) in [5.41, 5.74) is 0.898. The van der Waals surface area contributed by atoms with E-state index in [-0.39, 0.29) is 19.6 Å². The number of benzene rings is 4. The molecule has 150 valence electrons. The average molecular weight is 400 g/mol. The lowest BCUT2D eigenvalue weighted by molar-refractivity contribution is -0.145. The fourth-order valence-corrected chi connectivity index (χ4v) is 3.20. The van der Waals surface area contributed by atoms with E-state index < -0.39 is 12.1 Å². The van der Waals surface area contributed by atoms with Gasteiger partial charge in [0.2, 0.25) is 0 Å². The smallest absolute Gasteiger partial charge is 0.461 e. The van der Waals surface area contributed by atoms with Crippen LogP contribution in [0.15, 0.2) is 84.9 Å². The highest BCUT2D eigenvalue weighted by Gasteiger charge is 2.10. The second-order valence-corrected chi connectivity index (χ2v) is 6.77.